The van der Waals surface area contributed by atoms with E-state index in [4.69, 9.17) is 11.6 Å². The van der Waals surface area contributed by atoms with Gasteiger partial charge in [-0.15, -0.1) is 4.91 Å². The van der Waals surface area contributed by atoms with Gasteiger partial charge in [0.25, 0.3) is 10.0 Å². The zero-order valence-electron chi connectivity index (χ0n) is 24.0. The third-order valence-electron chi connectivity index (χ3n) is 6.55. The second-order valence-electron chi connectivity index (χ2n) is 9.20. The number of rotatable bonds is 5. The maximum absolute atomic E-state index is 13.9. The topological polar surface area (TPSA) is 87.1 Å². The lowest BCUT2D eigenvalue weighted by Crippen LogP contribution is -2.38. The van der Waals surface area contributed by atoms with Gasteiger partial charge in [-0.3, -0.25) is 4.79 Å². The van der Waals surface area contributed by atoms with Crippen LogP contribution >= 0.6 is 11.6 Å². The molecule has 0 spiro atoms. The molecule has 0 N–H and O–H groups in total. The summed E-state index contributed by atoms with van der Waals surface area (Å²) in [6, 6.07) is 23.1. The molecule has 0 bridgehead atoms. The van der Waals surface area contributed by atoms with Gasteiger partial charge in [0.2, 0.25) is 5.91 Å². The first kappa shape index (κ1) is 31.8. The van der Waals surface area contributed by atoms with E-state index >= 15 is 0 Å². The molecule has 216 valence electrons. The second-order valence-corrected chi connectivity index (χ2v) is 11.4. The van der Waals surface area contributed by atoms with Crippen LogP contribution in [0.1, 0.15) is 47.5 Å². The van der Waals surface area contributed by atoms with Crippen LogP contribution in [0.25, 0.3) is 11.1 Å². The van der Waals surface area contributed by atoms with E-state index in [0.29, 0.717) is 10.7 Å². The second kappa shape index (κ2) is 13.7. The van der Waals surface area contributed by atoms with Crippen molar-refractivity contribution in [3.63, 3.8) is 0 Å². The lowest BCUT2D eigenvalue weighted by atomic mass is 9.91. The number of hydrogen-bond acceptors (Lipinski definition) is 6. The molecule has 1 aliphatic carbocycles. The van der Waals surface area contributed by atoms with E-state index in [1.165, 1.54) is 12.1 Å². The Kier molecular flexibility index (Phi) is 10.7. The molecule has 9 heteroatoms. The van der Waals surface area contributed by atoms with Crippen LogP contribution in [0.5, 0.6) is 0 Å². The lowest BCUT2D eigenvalue weighted by molar-refractivity contribution is -0.124. The SMILES string of the molecule is CC.CC.C[C@]1(N=O)C=C2C(=CC1)N(S(=O)(=O)c1ccc(-c3ccccc3)cc1)C(=O)CCN2c1ccc(Cl)cc1. The van der Waals surface area contributed by atoms with Crippen LogP contribution in [0.15, 0.2) is 112 Å². The first-order valence-corrected chi connectivity index (χ1v) is 15.6. The third-order valence-corrected chi connectivity index (χ3v) is 8.55. The van der Waals surface area contributed by atoms with Crippen LogP contribution in [-0.2, 0) is 14.8 Å². The molecule has 3 aromatic carbocycles. The Labute approximate surface area is 248 Å². The van der Waals surface area contributed by atoms with E-state index in [1.807, 2.05) is 62.9 Å². The molecule has 0 aromatic heterocycles. The van der Waals surface area contributed by atoms with Gasteiger partial charge < -0.3 is 4.90 Å². The predicted octanol–water partition coefficient (Wildman–Crippen LogP) is 8.18. The summed E-state index contributed by atoms with van der Waals surface area (Å²) in [6.07, 6.45) is 3.36. The zero-order chi connectivity index (χ0) is 30.2. The Balaban J connectivity index is 0.00000111. The number of sulfonamides is 1. The van der Waals surface area contributed by atoms with Gasteiger partial charge in [-0.25, -0.2) is 12.7 Å². The molecule has 2 aliphatic rings. The Hall–Kier alpha value is -3.75. The number of hydrogen-bond donors (Lipinski definition) is 0. The molecular weight excluding hydrogens is 558 g/mol. The van der Waals surface area contributed by atoms with E-state index in [2.05, 4.69) is 5.18 Å². The number of carbonyl (C=O) groups excluding carboxylic acids is 1. The van der Waals surface area contributed by atoms with Gasteiger partial charge in [-0.2, -0.15) is 0 Å². The van der Waals surface area contributed by atoms with Crippen LogP contribution in [0.2, 0.25) is 5.02 Å². The largest absolute Gasteiger partial charge is 0.339 e. The summed E-state index contributed by atoms with van der Waals surface area (Å²) in [5.41, 5.74) is 2.11. The highest BCUT2D eigenvalue weighted by molar-refractivity contribution is 7.89. The first-order chi connectivity index (χ1) is 19.7. The average Bonchev–Trinajstić information content (AvgIpc) is 3.16. The number of amides is 1. The molecule has 1 atom stereocenters. The molecular formula is C32H36ClN3O4S. The van der Waals surface area contributed by atoms with Crippen molar-refractivity contribution in [1.82, 2.24) is 4.31 Å². The van der Waals surface area contributed by atoms with E-state index < -0.39 is 21.5 Å². The molecule has 3 aromatic rings. The number of halogens is 1. The summed E-state index contributed by atoms with van der Waals surface area (Å²) in [6.45, 7) is 9.89. The van der Waals surface area contributed by atoms with Gasteiger partial charge in [0.1, 0.15) is 5.54 Å². The molecule has 1 amide bonds. The molecule has 1 saturated heterocycles. The van der Waals surface area contributed by atoms with Crippen molar-refractivity contribution in [2.75, 3.05) is 11.4 Å². The Bertz CT molecular complexity index is 1520. The Morgan fingerprint density at radius 3 is 2.00 bits per heavy atom. The highest BCUT2D eigenvalue weighted by atomic mass is 35.5. The molecule has 1 aliphatic heterocycles. The van der Waals surface area contributed by atoms with Gasteiger partial charge >= 0.3 is 0 Å². The van der Waals surface area contributed by atoms with E-state index in [-0.39, 0.29) is 30.0 Å². The summed E-state index contributed by atoms with van der Waals surface area (Å²) in [5.74, 6) is -0.552. The van der Waals surface area contributed by atoms with E-state index in [1.54, 1.807) is 55.5 Å². The molecule has 7 nitrogen and oxygen atoms in total. The van der Waals surface area contributed by atoms with Crippen LogP contribution in [0, 0.1) is 4.91 Å². The highest BCUT2D eigenvalue weighted by Crippen LogP contribution is 2.39. The molecule has 0 saturated carbocycles. The summed E-state index contributed by atoms with van der Waals surface area (Å²) in [4.78, 5) is 26.9. The van der Waals surface area contributed by atoms with Crippen molar-refractivity contribution >= 4 is 33.2 Å². The van der Waals surface area contributed by atoms with Crippen molar-refractivity contribution < 1.29 is 13.2 Å². The quantitative estimate of drug-likeness (QED) is 0.278. The monoisotopic (exact) mass is 593 g/mol. The van der Waals surface area contributed by atoms with Crippen LogP contribution in [-0.4, -0.2) is 30.7 Å². The molecule has 1 heterocycles. The number of carbonyl (C=O) groups is 1. The average molecular weight is 594 g/mol. The number of nitrogens with zero attached hydrogens (tertiary/aromatic N) is 3. The van der Waals surface area contributed by atoms with Crippen LogP contribution in [0.3, 0.4) is 0 Å². The van der Waals surface area contributed by atoms with Gasteiger partial charge in [-0.1, -0.05) is 93.0 Å². The van der Waals surface area contributed by atoms with E-state index in [0.717, 1.165) is 21.1 Å². The molecule has 0 unspecified atom stereocenters. The van der Waals surface area contributed by atoms with Gasteiger partial charge in [-0.05, 0) is 66.9 Å². The fourth-order valence-electron chi connectivity index (χ4n) is 4.57. The van der Waals surface area contributed by atoms with E-state index in [9.17, 15) is 18.1 Å². The standard InChI is InChI=1S/C28H24ClN3O4S.2C2H6/c1-28(30-34)17-15-25-26(19-28)31(23-11-9-22(29)10-12-23)18-16-27(33)32(25)37(35,36)24-13-7-21(8-14-24)20-5-3-2-4-6-20;2*1-2/h2-15,19H,16-18H2,1H3;2*1-2H3/t28-;;/m1../s1. The van der Waals surface area contributed by atoms with Crippen molar-refractivity contribution in [1.29, 1.82) is 0 Å². The highest BCUT2D eigenvalue weighted by Gasteiger charge is 2.41. The predicted molar refractivity (Wildman–Crippen MR) is 167 cm³/mol. The summed E-state index contributed by atoms with van der Waals surface area (Å²) < 4.78 is 28.6. The van der Waals surface area contributed by atoms with Crippen molar-refractivity contribution in [2.24, 2.45) is 5.18 Å². The summed E-state index contributed by atoms with van der Waals surface area (Å²) >= 11 is 6.07. The number of fused-ring (bicyclic) bond motifs is 1. The fraction of sp³-hybridized carbons (Fsp3) is 0.281. The Morgan fingerprint density at radius 1 is 0.829 bits per heavy atom. The molecule has 1 fully saturated rings. The van der Waals surface area contributed by atoms with Gasteiger partial charge in [0.05, 0.1) is 16.3 Å². The number of nitroso groups, excluding NO2 is 1. The molecule has 5 rings (SSSR count). The smallest absolute Gasteiger partial charge is 0.270 e. The van der Waals surface area contributed by atoms with Crippen LogP contribution in [0.4, 0.5) is 5.69 Å². The third kappa shape index (κ3) is 6.77. The van der Waals surface area contributed by atoms with Crippen LogP contribution < -0.4 is 4.90 Å². The summed E-state index contributed by atoms with van der Waals surface area (Å²) in [7, 11) is -4.24. The van der Waals surface area contributed by atoms with Crippen molar-refractivity contribution in [3.8, 4) is 11.1 Å². The number of benzene rings is 3. The molecule has 0 radical (unpaired) electrons. The summed E-state index contributed by atoms with van der Waals surface area (Å²) in [5, 5.41) is 3.82. The van der Waals surface area contributed by atoms with Gasteiger partial charge in [0.15, 0.2) is 0 Å². The minimum absolute atomic E-state index is 0.00238. The zero-order valence-corrected chi connectivity index (χ0v) is 25.6. The fourth-order valence-corrected chi connectivity index (χ4v) is 6.18. The number of anilines is 1. The first-order valence-electron chi connectivity index (χ1n) is 13.8. The normalized spacial score (nSPS) is 18.3. The maximum Gasteiger partial charge on any atom is 0.270 e. The minimum Gasteiger partial charge on any atom is -0.339 e. The lowest BCUT2D eigenvalue weighted by Gasteiger charge is -2.34. The Morgan fingerprint density at radius 2 is 1.41 bits per heavy atom. The molecule has 41 heavy (non-hydrogen) atoms. The van der Waals surface area contributed by atoms with Crippen molar-refractivity contribution in [2.45, 2.75) is 57.9 Å². The van der Waals surface area contributed by atoms with Crippen molar-refractivity contribution in [3.05, 3.63) is 112 Å². The maximum atomic E-state index is 13.9. The minimum atomic E-state index is -4.24. The van der Waals surface area contributed by atoms with Gasteiger partial charge in [0, 0.05) is 23.7 Å².